The number of halogens is 1. The zero-order chi connectivity index (χ0) is 14.1. The fourth-order valence-corrected chi connectivity index (χ4v) is 3.42. The third kappa shape index (κ3) is 2.74. The summed E-state index contributed by atoms with van der Waals surface area (Å²) in [5.41, 5.74) is 5.57. The molecule has 0 amide bonds. The Morgan fingerprint density at radius 1 is 1.10 bits per heavy atom. The Morgan fingerprint density at radius 3 is 2.65 bits per heavy atom. The van der Waals surface area contributed by atoms with Crippen molar-refractivity contribution in [3.05, 3.63) is 69.7 Å². The van der Waals surface area contributed by atoms with Gasteiger partial charge in [0.05, 0.1) is 0 Å². The largest absolute Gasteiger partial charge is 0.307 e. The molecule has 104 valence electrons. The lowest BCUT2D eigenvalue weighted by atomic mass is 10.0. The van der Waals surface area contributed by atoms with Crippen molar-refractivity contribution in [3.8, 4) is 0 Å². The van der Waals surface area contributed by atoms with E-state index in [1.165, 1.54) is 22.3 Å². The molecule has 2 atom stereocenters. The summed E-state index contributed by atoms with van der Waals surface area (Å²) in [6, 6.07) is 15.8. The number of hydrogen-bond acceptors (Lipinski definition) is 1. The summed E-state index contributed by atoms with van der Waals surface area (Å²) in [5, 5.41) is 4.60. The topological polar surface area (TPSA) is 12.0 Å². The predicted octanol–water partition coefficient (Wildman–Crippen LogP) is 4.47. The Kier molecular flexibility index (Phi) is 3.82. The van der Waals surface area contributed by atoms with Crippen LogP contribution in [0.2, 0.25) is 5.02 Å². The molecule has 0 spiro atoms. The van der Waals surface area contributed by atoms with Gasteiger partial charge in [-0.2, -0.15) is 0 Å². The molecule has 3 rings (SSSR count). The third-order valence-electron chi connectivity index (χ3n) is 4.24. The zero-order valence-electron chi connectivity index (χ0n) is 12.0. The van der Waals surface area contributed by atoms with E-state index in [0.29, 0.717) is 12.1 Å². The van der Waals surface area contributed by atoms with Crippen molar-refractivity contribution in [2.24, 2.45) is 0 Å². The smallest absolute Gasteiger partial charge is 0.0408 e. The highest BCUT2D eigenvalue weighted by molar-refractivity contribution is 6.30. The van der Waals surface area contributed by atoms with E-state index in [9.17, 15) is 0 Å². The maximum absolute atomic E-state index is 6.07. The fourth-order valence-electron chi connectivity index (χ4n) is 3.22. The molecule has 2 aromatic carbocycles. The summed E-state index contributed by atoms with van der Waals surface area (Å²) >= 11 is 6.07. The van der Waals surface area contributed by atoms with Crippen molar-refractivity contribution in [3.63, 3.8) is 0 Å². The Labute approximate surface area is 126 Å². The average Bonchev–Trinajstić information content (AvgIpc) is 2.80. The van der Waals surface area contributed by atoms with Crippen LogP contribution >= 0.6 is 11.6 Å². The molecule has 2 aromatic rings. The highest BCUT2D eigenvalue weighted by Gasteiger charge is 2.23. The van der Waals surface area contributed by atoms with Crippen LogP contribution in [-0.2, 0) is 12.8 Å². The highest BCUT2D eigenvalue weighted by atomic mass is 35.5. The fraction of sp³-hybridized carbons (Fsp3) is 0.333. The summed E-state index contributed by atoms with van der Waals surface area (Å²) in [6.07, 6.45) is 2.18. The maximum Gasteiger partial charge on any atom is 0.0408 e. The molecule has 1 aliphatic carbocycles. The Bertz CT molecular complexity index is 621. The van der Waals surface area contributed by atoms with Gasteiger partial charge in [0.25, 0.3) is 0 Å². The number of benzene rings is 2. The quantitative estimate of drug-likeness (QED) is 0.877. The summed E-state index contributed by atoms with van der Waals surface area (Å²) in [4.78, 5) is 0. The summed E-state index contributed by atoms with van der Waals surface area (Å²) in [5.74, 6) is 0. The number of fused-ring (bicyclic) bond motifs is 1. The normalized spacial score (nSPS) is 18.9. The van der Waals surface area contributed by atoms with Crippen molar-refractivity contribution in [2.45, 2.75) is 38.8 Å². The minimum absolute atomic E-state index is 0.381. The molecule has 1 nitrogen and oxygen atoms in total. The van der Waals surface area contributed by atoms with Crippen LogP contribution < -0.4 is 5.32 Å². The van der Waals surface area contributed by atoms with Gasteiger partial charge in [-0.15, -0.1) is 0 Å². The van der Waals surface area contributed by atoms with E-state index >= 15 is 0 Å². The minimum atomic E-state index is 0.381. The molecule has 0 bridgehead atoms. The van der Waals surface area contributed by atoms with Crippen molar-refractivity contribution in [2.75, 3.05) is 0 Å². The van der Waals surface area contributed by atoms with Crippen LogP contribution in [-0.4, -0.2) is 6.04 Å². The van der Waals surface area contributed by atoms with Crippen LogP contribution in [0.15, 0.2) is 42.5 Å². The molecule has 0 aliphatic heterocycles. The molecular weight excluding hydrogens is 266 g/mol. The molecule has 0 saturated carbocycles. The molecule has 1 N–H and O–H groups in total. The van der Waals surface area contributed by atoms with Gasteiger partial charge in [0.1, 0.15) is 0 Å². The van der Waals surface area contributed by atoms with E-state index in [-0.39, 0.29) is 0 Å². The van der Waals surface area contributed by atoms with Gasteiger partial charge in [-0.25, -0.2) is 0 Å². The van der Waals surface area contributed by atoms with E-state index in [2.05, 4.69) is 55.6 Å². The molecule has 0 radical (unpaired) electrons. The Morgan fingerprint density at radius 2 is 1.85 bits per heavy atom. The molecule has 0 aromatic heterocycles. The number of rotatable bonds is 3. The lowest BCUT2D eigenvalue weighted by Gasteiger charge is -2.21. The van der Waals surface area contributed by atoms with Crippen LogP contribution in [0.5, 0.6) is 0 Å². The van der Waals surface area contributed by atoms with Crippen molar-refractivity contribution >= 4 is 11.6 Å². The van der Waals surface area contributed by atoms with Crippen molar-refractivity contribution < 1.29 is 0 Å². The molecule has 2 heteroatoms. The third-order valence-corrected chi connectivity index (χ3v) is 4.48. The van der Waals surface area contributed by atoms with E-state index < -0.39 is 0 Å². The summed E-state index contributed by atoms with van der Waals surface area (Å²) in [7, 11) is 0. The van der Waals surface area contributed by atoms with Gasteiger partial charge < -0.3 is 5.32 Å². The maximum atomic E-state index is 6.07. The van der Waals surface area contributed by atoms with Crippen LogP contribution in [0, 0.1) is 6.92 Å². The molecule has 0 saturated heterocycles. The SMILES string of the molecule is Cc1ccccc1[C@@H](C)NC1Cc2ccc(Cl)cc2C1. The first kappa shape index (κ1) is 13.7. The first-order valence-electron chi connectivity index (χ1n) is 7.22. The van der Waals surface area contributed by atoms with Gasteiger partial charge in [-0.3, -0.25) is 0 Å². The minimum Gasteiger partial charge on any atom is -0.307 e. The molecule has 0 fully saturated rings. The monoisotopic (exact) mass is 285 g/mol. The van der Waals surface area contributed by atoms with Gasteiger partial charge in [0.15, 0.2) is 0 Å². The molecule has 0 heterocycles. The summed E-state index contributed by atoms with van der Waals surface area (Å²) in [6.45, 7) is 4.43. The predicted molar refractivity (Wildman–Crippen MR) is 85.4 cm³/mol. The highest BCUT2D eigenvalue weighted by Crippen LogP contribution is 2.27. The van der Waals surface area contributed by atoms with E-state index in [1.807, 2.05) is 6.07 Å². The van der Waals surface area contributed by atoms with E-state index in [1.54, 1.807) is 0 Å². The molecule has 1 unspecified atom stereocenters. The number of hydrogen-bond donors (Lipinski definition) is 1. The molecule has 1 aliphatic rings. The molecule has 20 heavy (non-hydrogen) atoms. The van der Waals surface area contributed by atoms with Crippen LogP contribution in [0.25, 0.3) is 0 Å². The second-order valence-electron chi connectivity index (χ2n) is 5.76. The first-order valence-corrected chi connectivity index (χ1v) is 7.60. The van der Waals surface area contributed by atoms with Crippen molar-refractivity contribution in [1.82, 2.24) is 5.32 Å². The average molecular weight is 286 g/mol. The second-order valence-corrected chi connectivity index (χ2v) is 6.20. The van der Waals surface area contributed by atoms with Gasteiger partial charge in [0, 0.05) is 17.1 Å². The van der Waals surface area contributed by atoms with Gasteiger partial charge in [0.2, 0.25) is 0 Å². The standard InChI is InChI=1S/C18H20ClN/c1-12-5-3-4-6-18(12)13(2)20-17-10-14-7-8-16(19)9-15(14)11-17/h3-9,13,17,20H,10-11H2,1-2H3/t13-,17?/m1/s1. The van der Waals surface area contributed by atoms with E-state index in [0.717, 1.165) is 17.9 Å². The Balaban J connectivity index is 1.70. The van der Waals surface area contributed by atoms with Gasteiger partial charge in [-0.05, 0) is 61.1 Å². The van der Waals surface area contributed by atoms with Crippen LogP contribution in [0.1, 0.15) is 35.2 Å². The number of nitrogens with one attached hydrogen (secondary N) is 1. The zero-order valence-corrected chi connectivity index (χ0v) is 12.7. The molecular formula is C18H20ClN. The lowest BCUT2D eigenvalue weighted by molar-refractivity contribution is 0.466. The first-order chi connectivity index (χ1) is 9.63. The van der Waals surface area contributed by atoms with Crippen molar-refractivity contribution in [1.29, 1.82) is 0 Å². The lowest BCUT2D eigenvalue weighted by Crippen LogP contribution is -2.32. The van der Waals surface area contributed by atoms with Gasteiger partial charge >= 0.3 is 0 Å². The van der Waals surface area contributed by atoms with Gasteiger partial charge in [-0.1, -0.05) is 41.9 Å². The second kappa shape index (κ2) is 5.59. The van der Waals surface area contributed by atoms with E-state index in [4.69, 9.17) is 11.6 Å². The Hall–Kier alpha value is -1.31. The van der Waals surface area contributed by atoms with Crippen LogP contribution in [0.4, 0.5) is 0 Å². The van der Waals surface area contributed by atoms with Crippen LogP contribution in [0.3, 0.4) is 0 Å². The number of aryl methyl sites for hydroxylation is 1. The summed E-state index contributed by atoms with van der Waals surface area (Å²) < 4.78 is 0.